The van der Waals surface area contributed by atoms with Crippen molar-refractivity contribution in [3.63, 3.8) is 0 Å². The lowest BCUT2D eigenvalue weighted by atomic mass is 10.1. The summed E-state index contributed by atoms with van der Waals surface area (Å²) in [5.41, 5.74) is 26.3. The summed E-state index contributed by atoms with van der Waals surface area (Å²) < 4.78 is 0. The molecule has 0 saturated heterocycles. The van der Waals surface area contributed by atoms with E-state index in [1.807, 2.05) is 0 Å². The van der Waals surface area contributed by atoms with E-state index < -0.39 is 72.0 Å². The average Bonchev–Trinajstić information content (AvgIpc) is 2.78. The Morgan fingerprint density at radius 1 is 0.639 bits per heavy atom. The SMILES string of the molecule is NCCCCC(NC(=O)C(CCC(N)=O)NC(=O)C(CC(N)=O)NC(=O)C(N)CCC(N)=O)C(=O)O. The molecule has 0 aromatic rings. The molecule has 14 N–H and O–H groups in total. The Bertz CT molecular complexity index is 822. The van der Waals surface area contributed by atoms with Crippen molar-refractivity contribution in [1.82, 2.24) is 16.0 Å². The number of carboxylic acids is 1. The molecule has 4 atom stereocenters. The van der Waals surface area contributed by atoms with Gasteiger partial charge >= 0.3 is 5.97 Å². The second-order valence-corrected chi connectivity index (χ2v) is 8.09. The lowest BCUT2D eigenvalue weighted by Crippen LogP contribution is -2.57. The van der Waals surface area contributed by atoms with Crippen molar-refractivity contribution < 1.29 is 38.7 Å². The first-order valence-corrected chi connectivity index (χ1v) is 11.2. The van der Waals surface area contributed by atoms with Crippen LogP contribution in [-0.2, 0) is 33.6 Å². The Labute approximate surface area is 207 Å². The van der Waals surface area contributed by atoms with E-state index >= 15 is 0 Å². The van der Waals surface area contributed by atoms with E-state index in [9.17, 15) is 38.7 Å². The molecule has 0 aromatic carbocycles. The van der Waals surface area contributed by atoms with Crippen LogP contribution in [0, 0.1) is 0 Å². The Morgan fingerprint density at radius 2 is 1.14 bits per heavy atom. The summed E-state index contributed by atoms with van der Waals surface area (Å²) >= 11 is 0. The van der Waals surface area contributed by atoms with Crippen molar-refractivity contribution in [2.75, 3.05) is 6.54 Å². The van der Waals surface area contributed by atoms with Gasteiger partial charge in [-0.15, -0.1) is 0 Å². The largest absolute Gasteiger partial charge is 0.480 e. The number of amides is 6. The van der Waals surface area contributed by atoms with Crippen LogP contribution in [0.1, 0.15) is 51.4 Å². The monoisotopic (exact) mass is 516 g/mol. The Kier molecular flexibility index (Phi) is 15.0. The van der Waals surface area contributed by atoms with Gasteiger partial charge in [-0.05, 0) is 38.6 Å². The first-order chi connectivity index (χ1) is 16.8. The summed E-state index contributed by atoms with van der Waals surface area (Å²) in [6, 6.07) is -5.52. The van der Waals surface area contributed by atoms with Gasteiger partial charge < -0.3 is 49.7 Å². The smallest absolute Gasteiger partial charge is 0.326 e. The van der Waals surface area contributed by atoms with Crippen molar-refractivity contribution >= 4 is 41.4 Å². The molecular weight excluding hydrogens is 480 g/mol. The molecule has 36 heavy (non-hydrogen) atoms. The van der Waals surface area contributed by atoms with E-state index in [0.717, 1.165) is 0 Å². The lowest BCUT2D eigenvalue weighted by molar-refractivity contribution is -0.142. The fourth-order valence-electron chi connectivity index (χ4n) is 2.97. The highest BCUT2D eigenvalue weighted by molar-refractivity contribution is 5.96. The number of primary amides is 3. The third kappa shape index (κ3) is 13.8. The third-order valence-electron chi connectivity index (χ3n) is 4.95. The zero-order valence-electron chi connectivity index (χ0n) is 19.9. The minimum atomic E-state index is -1.56. The number of rotatable bonds is 19. The van der Waals surface area contributed by atoms with E-state index in [4.69, 9.17) is 28.7 Å². The molecule has 0 fully saturated rings. The van der Waals surface area contributed by atoms with Crippen LogP contribution in [0.2, 0.25) is 0 Å². The molecule has 0 spiro atoms. The Balaban J connectivity index is 5.53. The first kappa shape index (κ1) is 32.2. The van der Waals surface area contributed by atoms with Crippen molar-refractivity contribution in [3.05, 3.63) is 0 Å². The van der Waals surface area contributed by atoms with Gasteiger partial charge in [-0.2, -0.15) is 0 Å². The minimum Gasteiger partial charge on any atom is -0.480 e. The molecule has 0 rings (SSSR count). The number of unbranched alkanes of at least 4 members (excludes halogenated alkanes) is 1. The number of carbonyl (C=O) groups is 7. The molecule has 0 aromatic heterocycles. The summed E-state index contributed by atoms with van der Waals surface area (Å²) in [7, 11) is 0. The van der Waals surface area contributed by atoms with Crippen LogP contribution in [0.25, 0.3) is 0 Å². The van der Waals surface area contributed by atoms with Crippen LogP contribution in [0.5, 0.6) is 0 Å². The summed E-state index contributed by atoms with van der Waals surface area (Å²) in [6.07, 6.45) is -0.625. The summed E-state index contributed by atoms with van der Waals surface area (Å²) in [5, 5.41) is 16.1. The standard InChI is InChI=1S/C20H36N8O8/c21-8-2-1-3-12(20(35)36)27-18(33)11(5-7-15(24)30)26-19(34)13(9-16(25)31)28-17(32)10(22)4-6-14(23)29/h10-13H,1-9,21-22H2,(H2,23,29)(H2,24,30)(H2,25,31)(H,26,34)(H,27,33)(H,28,32)(H,35,36). The van der Waals surface area contributed by atoms with E-state index in [0.29, 0.717) is 19.4 Å². The van der Waals surface area contributed by atoms with E-state index in [-0.39, 0.29) is 32.1 Å². The molecule has 16 heteroatoms. The number of nitrogens with two attached hydrogens (primary N) is 5. The second kappa shape index (κ2) is 16.8. The van der Waals surface area contributed by atoms with Crippen molar-refractivity contribution in [3.8, 4) is 0 Å². The molecule has 0 bridgehead atoms. The normalized spacial score (nSPS) is 13.9. The van der Waals surface area contributed by atoms with Gasteiger partial charge in [0, 0.05) is 12.8 Å². The average molecular weight is 517 g/mol. The number of carbonyl (C=O) groups excluding carboxylic acids is 6. The molecule has 4 unspecified atom stereocenters. The van der Waals surface area contributed by atoms with Crippen LogP contribution < -0.4 is 44.6 Å². The van der Waals surface area contributed by atoms with Crippen molar-refractivity contribution in [1.29, 1.82) is 0 Å². The zero-order valence-corrected chi connectivity index (χ0v) is 19.9. The van der Waals surface area contributed by atoms with Gasteiger partial charge in [0.15, 0.2) is 0 Å². The summed E-state index contributed by atoms with van der Waals surface area (Å²) in [5.74, 6) is -6.61. The maximum atomic E-state index is 12.8. The lowest BCUT2D eigenvalue weighted by Gasteiger charge is -2.24. The Hall–Kier alpha value is -3.79. The molecule has 0 aliphatic rings. The molecule has 16 nitrogen and oxygen atoms in total. The molecule has 0 heterocycles. The molecule has 204 valence electrons. The highest BCUT2D eigenvalue weighted by Gasteiger charge is 2.31. The van der Waals surface area contributed by atoms with Gasteiger partial charge in [0.25, 0.3) is 0 Å². The van der Waals surface area contributed by atoms with Crippen LogP contribution >= 0.6 is 0 Å². The topological polar surface area (TPSA) is 306 Å². The molecule has 0 aliphatic carbocycles. The number of carboxylic acid groups (broad SMARTS) is 1. The second-order valence-electron chi connectivity index (χ2n) is 8.09. The van der Waals surface area contributed by atoms with Gasteiger partial charge in [-0.3, -0.25) is 28.8 Å². The summed E-state index contributed by atoms with van der Waals surface area (Å²) in [6.45, 7) is 0.330. The predicted molar refractivity (Wildman–Crippen MR) is 125 cm³/mol. The number of nitrogens with one attached hydrogen (secondary N) is 3. The first-order valence-electron chi connectivity index (χ1n) is 11.2. The van der Waals surface area contributed by atoms with Gasteiger partial charge in [0.05, 0.1) is 12.5 Å². The molecule has 0 aliphatic heterocycles. The maximum Gasteiger partial charge on any atom is 0.326 e. The molecule has 0 saturated carbocycles. The predicted octanol–water partition coefficient (Wildman–Crippen LogP) is -4.61. The third-order valence-corrected chi connectivity index (χ3v) is 4.95. The molecule has 0 radical (unpaired) electrons. The van der Waals surface area contributed by atoms with E-state index in [2.05, 4.69) is 16.0 Å². The maximum absolute atomic E-state index is 12.8. The van der Waals surface area contributed by atoms with Crippen LogP contribution in [0.15, 0.2) is 0 Å². The van der Waals surface area contributed by atoms with E-state index in [1.54, 1.807) is 0 Å². The molecule has 6 amide bonds. The van der Waals surface area contributed by atoms with Gasteiger partial charge in [0.1, 0.15) is 18.1 Å². The number of aliphatic carboxylic acids is 1. The fourth-order valence-corrected chi connectivity index (χ4v) is 2.97. The van der Waals surface area contributed by atoms with Crippen LogP contribution in [0.4, 0.5) is 0 Å². The van der Waals surface area contributed by atoms with Crippen molar-refractivity contribution in [2.45, 2.75) is 75.5 Å². The van der Waals surface area contributed by atoms with Crippen LogP contribution in [-0.4, -0.2) is 77.2 Å². The fraction of sp³-hybridized carbons (Fsp3) is 0.650. The Morgan fingerprint density at radius 3 is 1.64 bits per heavy atom. The number of hydrogen-bond acceptors (Lipinski definition) is 9. The minimum absolute atomic E-state index is 0.0678. The highest BCUT2D eigenvalue weighted by Crippen LogP contribution is 2.05. The van der Waals surface area contributed by atoms with Gasteiger partial charge in [-0.25, -0.2) is 4.79 Å². The van der Waals surface area contributed by atoms with E-state index in [1.165, 1.54) is 0 Å². The van der Waals surface area contributed by atoms with Crippen molar-refractivity contribution in [2.24, 2.45) is 28.7 Å². The van der Waals surface area contributed by atoms with Crippen LogP contribution in [0.3, 0.4) is 0 Å². The number of hydrogen-bond donors (Lipinski definition) is 9. The van der Waals surface area contributed by atoms with Gasteiger partial charge in [-0.1, -0.05) is 0 Å². The molecular formula is C20H36N8O8. The highest BCUT2D eigenvalue weighted by atomic mass is 16.4. The zero-order chi connectivity index (χ0) is 27.8. The quantitative estimate of drug-likeness (QED) is 0.0739. The summed E-state index contributed by atoms with van der Waals surface area (Å²) in [4.78, 5) is 82.9. The van der Waals surface area contributed by atoms with Gasteiger partial charge in [0.2, 0.25) is 35.4 Å².